The van der Waals surface area contributed by atoms with Crippen LogP contribution in [-0.2, 0) is 5.75 Å². The Labute approximate surface area is 124 Å². The Kier molecular flexibility index (Phi) is 4.91. The molecule has 8 heteroatoms. The minimum atomic E-state index is -0.372. The van der Waals surface area contributed by atoms with Crippen LogP contribution in [0.5, 0.6) is 0 Å². The molecule has 0 aliphatic carbocycles. The lowest BCUT2D eigenvalue weighted by molar-refractivity contribution is -0.384. The number of rotatable bonds is 6. The van der Waals surface area contributed by atoms with E-state index in [-0.39, 0.29) is 10.6 Å². The zero-order chi connectivity index (χ0) is 14.5. The van der Waals surface area contributed by atoms with Gasteiger partial charge in [0.05, 0.1) is 4.92 Å². The monoisotopic (exact) mass is 310 g/mol. The fourth-order valence-corrected chi connectivity index (χ4v) is 3.40. The quantitative estimate of drug-likeness (QED) is 0.500. The SMILES string of the molecule is CCNc1cc(CSc2nnc(C)s2)ccc1[N+](=O)[O-]. The predicted octanol–water partition coefficient (Wildman–Crippen LogP) is 3.48. The Morgan fingerprint density at radius 3 is 2.85 bits per heavy atom. The van der Waals surface area contributed by atoms with Crippen molar-refractivity contribution in [3.63, 3.8) is 0 Å². The number of nitro groups is 1. The van der Waals surface area contributed by atoms with Crippen LogP contribution < -0.4 is 5.32 Å². The van der Waals surface area contributed by atoms with E-state index < -0.39 is 0 Å². The highest BCUT2D eigenvalue weighted by Crippen LogP contribution is 2.30. The first-order valence-electron chi connectivity index (χ1n) is 6.04. The van der Waals surface area contributed by atoms with Crippen molar-refractivity contribution in [1.82, 2.24) is 10.2 Å². The van der Waals surface area contributed by atoms with Gasteiger partial charge in [-0.3, -0.25) is 10.1 Å². The predicted molar refractivity (Wildman–Crippen MR) is 81.5 cm³/mol. The molecular weight excluding hydrogens is 296 g/mol. The molecule has 0 saturated heterocycles. The molecule has 0 radical (unpaired) electrons. The Morgan fingerprint density at radius 2 is 2.25 bits per heavy atom. The highest BCUT2D eigenvalue weighted by Gasteiger charge is 2.13. The molecule has 0 bridgehead atoms. The van der Waals surface area contributed by atoms with Crippen molar-refractivity contribution in [3.8, 4) is 0 Å². The van der Waals surface area contributed by atoms with Gasteiger partial charge < -0.3 is 5.32 Å². The van der Waals surface area contributed by atoms with Crippen LogP contribution in [0, 0.1) is 17.0 Å². The van der Waals surface area contributed by atoms with E-state index in [1.807, 2.05) is 19.9 Å². The van der Waals surface area contributed by atoms with Crippen molar-refractivity contribution in [1.29, 1.82) is 0 Å². The maximum absolute atomic E-state index is 10.9. The van der Waals surface area contributed by atoms with Crippen molar-refractivity contribution in [2.24, 2.45) is 0 Å². The average molecular weight is 310 g/mol. The Balaban J connectivity index is 2.12. The molecule has 0 spiro atoms. The zero-order valence-electron chi connectivity index (χ0n) is 11.1. The van der Waals surface area contributed by atoms with Crippen molar-refractivity contribution >= 4 is 34.5 Å². The zero-order valence-corrected chi connectivity index (χ0v) is 12.8. The van der Waals surface area contributed by atoms with Crippen LogP contribution in [0.2, 0.25) is 0 Å². The summed E-state index contributed by atoms with van der Waals surface area (Å²) in [6, 6.07) is 5.14. The van der Waals surface area contributed by atoms with Crippen LogP contribution in [0.4, 0.5) is 11.4 Å². The molecule has 106 valence electrons. The lowest BCUT2D eigenvalue weighted by atomic mass is 10.2. The smallest absolute Gasteiger partial charge is 0.292 e. The summed E-state index contributed by atoms with van der Waals surface area (Å²) in [6.45, 7) is 4.47. The summed E-state index contributed by atoms with van der Waals surface area (Å²) in [5, 5.41) is 22.9. The van der Waals surface area contributed by atoms with Crippen molar-refractivity contribution in [3.05, 3.63) is 38.9 Å². The number of hydrogen-bond acceptors (Lipinski definition) is 7. The van der Waals surface area contributed by atoms with Crippen LogP contribution >= 0.6 is 23.1 Å². The molecule has 1 aromatic heterocycles. The summed E-state index contributed by atoms with van der Waals surface area (Å²) in [7, 11) is 0. The second-order valence-corrected chi connectivity index (χ2v) is 6.42. The van der Waals surface area contributed by atoms with Crippen LogP contribution in [0.3, 0.4) is 0 Å². The maximum atomic E-state index is 10.9. The summed E-state index contributed by atoms with van der Waals surface area (Å²) in [6.07, 6.45) is 0. The minimum Gasteiger partial charge on any atom is -0.380 e. The number of anilines is 1. The molecular formula is C12H14N4O2S2. The lowest BCUT2D eigenvalue weighted by Gasteiger charge is -2.06. The molecule has 1 N–H and O–H groups in total. The fourth-order valence-electron chi connectivity index (χ4n) is 1.65. The van der Waals surface area contributed by atoms with Crippen LogP contribution in [-0.4, -0.2) is 21.7 Å². The van der Waals surface area contributed by atoms with Gasteiger partial charge in [-0.05, 0) is 25.5 Å². The topological polar surface area (TPSA) is 81.0 Å². The fraction of sp³-hybridized carbons (Fsp3) is 0.333. The standard InChI is InChI=1S/C12H14N4O2S2/c1-3-13-10-6-9(4-5-11(10)16(17)18)7-19-12-15-14-8(2)20-12/h4-6,13H,3,7H2,1-2H3. The van der Waals surface area contributed by atoms with Gasteiger partial charge in [-0.15, -0.1) is 10.2 Å². The van der Waals surface area contributed by atoms with Gasteiger partial charge in [-0.2, -0.15) is 0 Å². The van der Waals surface area contributed by atoms with Crippen LogP contribution in [0.15, 0.2) is 22.5 Å². The van der Waals surface area contributed by atoms with Crippen LogP contribution in [0.25, 0.3) is 0 Å². The van der Waals surface area contributed by atoms with E-state index in [1.165, 1.54) is 0 Å². The molecule has 6 nitrogen and oxygen atoms in total. The summed E-state index contributed by atoms with van der Waals surface area (Å²) in [5.41, 5.74) is 1.68. The molecule has 2 aromatic rings. The number of aryl methyl sites for hydroxylation is 1. The number of nitrogens with zero attached hydrogens (tertiary/aromatic N) is 3. The first-order chi connectivity index (χ1) is 9.60. The van der Waals surface area contributed by atoms with Crippen molar-refractivity contribution in [2.75, 3.05) is 11.9 Å². The molecule has 0 atom stereocenters. The van der Waals surface area contributed by atoms with E-state index >= 15 is 0 Å². The van der Waals surface area contributed by atoms with Gasteiger partial charge in [-0.25, -0.2) is 0 Å². The van der Waals surface area contributed by atoms with Gasteiger partial charge in [0.15, 0.2) is 4.34 Å². The number of nitrogens with one attached hydrogen (secondary N) is 1. The third-order valence-corrected chi connectivity index (χ3v) is 4.54. The third-order valence-electron chi connectivity index (χ3n) is 2.49. The summed E-state index contributed by atoms with van der Waals surface area (Å²) in [4.78, 5) is 10.6. The minimum absolute atomic E-state index is 0.104. The number of benzene rings is 1. The first-order valence-corrected chi connectivity index (χ1v) is 7.84. The van der Waals surface area contributed by atoms with E-state index in [9.17, 15) is 10.1 Å². The summed E-state index contributed by atoms with van der Waals surface area (Å²) >= 11 is 3.13. The second-order valence-electron chi connectivity index (χ2n) is 4.01. The molecule has 2 rings (SSSR count). The Bertz CT molecular complexity index is 615. The third kappa shape index (κ3) is 3.67. The van der Waals surface area contributed by atoms with Gasteiger partial charge in [0.2, 0.25) is 0 Å². The lowest BCUT2D eigenvalue weighted by Crippen LogP contribution is -2.01. The van der Waals surface area contributed by atoms with Gasteiger partial charge >= 0.3 is 0 Å². The normalized spacial score (nSPS) is 10.5. The molecule has 20 heavy (non-hydrogen) atoms. The number of nitro benzene ring substituents is 1. The molecule has 0 fully saturated rings. The van der Waals surface area contributed by atoms with Gasteiger partial charge in [0.1, 0.15) is 10.7 Å². The highest BCUT2D eigenvalue weighted by molar-refractivity contribution is 8.00. The van der Waals surface area contributed by atoms with Crippen LogP contribution in [0.1, 0.15) is 17.5 Å². The Morgan fingerprint density at radius 1 is 1.45 bits per heavy atom. The van der Waals surface area contributed by atoms with Gasteiger partial charge in [-0.1, -0.05) is 29.2 Å². The van der Waals surface area contributed by atoms with E-state index in [0.29, 0.717) is 18.0 Å². The molecule has 1 heterocycles. The second kappa shape index (κ2) is 6.67. The molecule has 1 aromatic carbocycles. The molecule has 0 unspecified atom stereocenters. The van der Waals surface area contributed by atoms with Gasteiger partial charge in [0, 0.05) is 18.4 Å². The number of aromatic nitrogens is 2. The largest absolute Gasteiger partial charge is 0.380 e. The van der Waals surface area contributed by atoms with E-state index in [1.54, 1.807) is 35.2 Å². The first kappa shape index (κ1) is 14.7. The van der Waals surface area contributed by atoms with E-state index in [0.717, 1.165) is 14.9 Å². The van der Waals surface area contributed by atoms with Crippen molar-refractivity contribution < 1.29 is 4.92 Å². The average Bonchev–Trinajstić information content (AvgIpc) is 2.82. The summed E-state index contributed by atoms with van der Waals surface area (Å²) in [5.74, 6) is 0.713. The molecule has 0 aliphatic heterocycles. The number of hydrogen-bond donors (Lipinski definition) is 1. The van der Waals surface area contributed by atoms with Gasteiger partial charge in [0.25, 0.3) is 5.69 Å². The maximum Gasteiger partial charge on any atom is 0.292 e. The molecule has 0 aliphatic rings. The van der Waals surface area contributed by atoms with E-state index in [4.69, 9.17) is 0 Å². The molecule has 0 amide bonds. The van der Waals surface area contributed by atoms with Crippen molar-refractivity contribution in [2.45, 2.75) is 23.9 Å². The van der Waals surface area contributed by atoms with E-state index in [2.05, 4.69) is 15.5 Å². The Hall–Kier alpha value is -1.67. The summed E-state index contributed by atoms with van der Waals surface area (Å²) < 4.78 is 0.908. The highest BCUT2D eigenvalue weighted by atomic mass is 32.2. The number of thioether (sulfide) groups is 1. The molecule has 0 saturated carbocycles.